The van der Waals surface area contributed by atoms with Gasteiger partial charge in [0.1, 0.15) is 0 Å². The molecule has 0 saturated heterocycles. The molecule has 80 valence electrons. The number of hydrogen-bond donors (Lipinski definition) is 0. The lowest BCUT2D eigenvalue weighted by Gasteiger charge is -1.87. The quantitative estimate of drug-likeness (QED) is 0.542. The van der Waals surface area contributed by atoms with Crippen LogP contribution in [-0.4, -0.2) is 16.8 Å². The molecule has 0 spiro atoms. The van der Waals surface area contributed by atoms with Crippen molar-refractivity contribution in [1.29, 1.82) is 0 Å². The van der Waals surface area contributed by atoms with Gasteiger partial charge >= 0.3 is 20.8 Å². The van der Waals surface area contributed by atoms with Crippen LogP contribution in [-0.2, 0) is 31.2 Å². The Bertz CT molecular complexity index is 452. The van der Waals surface area contributed by atoms with E-state index >= 15 is 0 Å². The fourth-order valence-corrected chi connectivity index (χ4v) is 2.30. The molecule has 0 N–H and O–H groups in total. The summed E-state index contributed by atoms with van der Waals surface area (Å²) in [7, 11) is -18.0. The standard InChI is InChI=1S/F4N2O4S3/c1-11(2,5-12(3,7)8)6-13(4,9)10. The molecule has 0 heterocycles. The number of hydrogen-bond acceptors (Lipinski definition) is 4. The van der Waals surface area contributed by atoms with Crippen molar-refractivity contribution in [3.05, 3.63) is 0 Å². The highest BCUT2D eigenvalue weighted by Gasteiger charge is 2.16. The molecule has 0 aromatic heterocycles. The van der Waals surface area contributed by atoms with Crippen LogP contribution >= 0.6 is 0 Å². The molecule has 0 aliphatic heterocycles. The van der Waals surface area contributed by atoms with E-state index in [0.29, 0.717) is 0 Å². The van der Waals surface area contributed by atoms with Gasteiger partial charge in [0.25, 0.3) is 10.4 Å². The first kappa shape index (κ1) is 12.6. The van der Waals surface area contributed by atoms with Crippen molar-refractivity contribution < 1.29 is 32.4 Å². The summed E-state index contributed by atoms with van der Waals surface area (Å²) in [4.78, 5) is 0. The Labute approximate surface area is 71.7 Å². The van der Waals surface area contributed by atoms with E-state index in [0.717, 1.165) is 7.54 Å². The molecule has 0 aliphatic rings. The maximum Gasteiger partial charge on any atom is 0.428 e. The van der Waals surface area contributed by atoms with Crippen LogP contribution in [0.1, 0.15) is 0 Å². The van der Waals surface area contributed by atoms with Crippen LogP contribution in [0.5, 0.6) is 0 Å². The topological polar surface area (TPSA) is 93.0 Å². The van der Waals surface area contributed by atoms with E-state index in [4.69, 9.17) is 0 Å². The van der Waals surface area contributed by atoms with Gasteiger partial charge in [0.2, 0.25) is 0 Å². The second-order valence-corrected chi connectivity index (χ2v) is 5.06. The van der Waals surface area contributed by atoms with Gasteiger partial charge in [0.15, 0.2) is 0 Å². The molecule has 13 heavy (non-hydrogen) atoms. The summed E-state index contributed by atoms with van der Waals surface area (Å²) in [5.74, 6) is 0. The first-order valence-electron chi connectivity index (χ1n) is 2.01. The summed E-state index contributed by atoms with van der Waals surface area (Å²) in [5.41, 5.74) is 0. The second-order valence-electron chi connectivity index (χ2n) is 1.39. The normalized spacial score (nSPS) is 13.8. The molecule has 0 unspecified atom stereocenters. The van der Waals surface area contributed by atoms with E-state index in [9.17, 15) is 32.4 Å². The highest BCUT2D eigenvalue weighted by atomic mass is 32.3. The molecule has 13 heteroatoms. The van der Waals surface area contributed by atoms with Gasteiger partial charge in [-0.1, -0.05) is 7.77 Å². The van der Waals surface area contributed by atoms with Crippen molar-refractivity contribution >= 4 is 31.2 Å². The zero-order chi connectivity index (χ0) is 10.9. The molecule has 0 atom stereocenters. The molecular weight excluding hydrogens is 264 g/mol. The van der Waals surface area contributed by atoms with Crippen LogP contribution in [0.15, 0.2) is 7.54 Å². The Morgan fingerprint density at radius 2 is 0.923 bits per heavy atom. The Kier molecular flexibility index (Phi) is 3.26. The summed E-state index contributed by atoms with van der Waals surface area (Å²) >= 11 is 0. The molecular formula is F4N2O4S3. The van der Waals surface area contributed by atoms with Crippen LogP contribution in [0.25, 0.3) is 0 Å². The summed E-state index contributed by atoms with van der Waals surface area (Å²) < 4.78 is 86.8. The third-order valence-electron chi connectivity index (χ3n) is 0.357. The first-order chi connectivity index (χ1) is 5.41. The van der Waals surface area contributed by atoms with E-state index < -0.39 is 31.2 Å². The van der Waals surface area contributed by atoms with Crippen LogP contribution in [0.3, 0.4) is 0 Å². The molecule has 0 rings (SSSR count). The number of nitrogens with zero attached hydrogens (tertiary/aromatic N) is 2. The summed E-state index contributed by atoms with van der Waals surface area (Å²) in [5, 5.41) is 0. The van der Waals surface area contributed by atoms with Crippen molar-refractivity contribution in [1.82, 2.24) is 0 Å². The van der Waals surface area contributed by atoms with Crippen LogP contribution in [0.4, 0.5) is 15.5 Å². The highest BCUT2D eigenvalue weighted by Crippen LogP contribution is 2.13. The van der Waals surface area contributed by atoms with Gasteiger partial charge in [-0.3, -0.25) is 0 Å². The Morgan fingerprint density at radius 3 is 1.08 bits per heavy atom. The fourth-order valence-electron chi connectivity index (χ4n) is 0.228. The number of halogens is 4. The highest BCUT2D eigenvalue weighted by molar-refractivity contribution is 8.01. The second kappa shape index (κ2) is 3.38. The predicted octanol–water partition coefficient (Wildman–Crippen LogP) is 0.705. The predicted molar refractivity (Wildman–Crippen MR) is 34.5 cm³/mol. The zero-order valence-electron chi connectivity index (χ0n) is 5.26. The molecule has 0 saturated carbocycles. The third-order valence-corrected chi connectivity index (χ3v) is 3.22. The maximum atomic E-state index is 11.9. The van der Waals surface area contributed by atoms with Gasteiger partial charge in [-0.05, 0) is 7.54 Å². The van der Waals surface area contributed by atoms with E-state index in [1.54, 1.807) is 0 Å². The van der Waals surface area contributed by atoms with Crippen LogP contribution in [0.2, 0.25) is 0 Å². The lowest BCUT2D eigenvalue weighted by molar-refractivity contribution is 0.554. The Hall–Kier alpha value is -0.430. The van der Waals surface area contributed by atoms with Crippen molar-refractivity contribution in [2.45, 2.75) is 0 Å². The Morgan fingerprint density at radius 1 is 0.692 bits per heavy atom. The van der Waals surface area contributed by atoms with Crippen LogP contribution in [0, 0.1) is 0 Å². The SMILES string of the molecule is O=S(=O)(F)N=S(F)(F)=NS(=O)(=O)F. The molecule has 0 radical (unpaired) electrons. The minimum absolute atomic E-state index is 1.10. The monoisotopic (exact) mass is 264 g/mol. The smallest absolute Gasteiger partial charge is 0.169 e. The van der Waals surface area contributed by atoms with Crippen molar-refractivity contribution in [3.8, 4) is 0 Å². The largest absolute Gasteiger partial charge is 0.428 e. The lowest BCUT2D eigenvalue weighted by Crippen LogP contribution is -1.92. The fraction of sp³-hybridized carbons (Fsp3) is 0. The van der Waals surface area contributed by atoms with Crippen molar-refractivity contribution in [3.63, 3.8) is 0 Å². The van der Waals surface area contributed by atoms with Gasteiger partial charge in [-0.15, -0.1) is 7.77 Å². The van der Waals surface area contributed by atoms with Crippen molar-refractivity contribution in [2.24, 2.45) is 7.54 Å². The lowest BCUT2D eigenvalue weighted by atomic mass is 13.9. The maximum absolute atomic E-state index is 11.9. The van der Waals surface area contributed by atoms with Gasteiger partial charge < -0.3 is 0 Å². The van der Waals surface area contributed by atoms with Gasteiger partial charge in [-0.2, -0.15) is 16.8 Å². The van der Waals surface area contributed by atoms with Crippen LogP contribution < -0.4 is 0 Å². The minimum Gasteiger partial charge on any atom is -0.169 e. The molecule has 0 bridgehead atoms. The van der Waals surface area contributed by atoms with E-state index in [1.807, 2.05) is 0 Å². The molecule has 6 nitrogen and oxygen atoms in total. The minimum atomic E-state index is -6.07. The van der Waals surface area contributed by atoms with Gasteiger partial charge in [0.05, 0.1) is 0 Å². The first-order valence-corrected chi connectivity index (χ1v) is 6.04. The molecule has 0 aromatic carbocycles. The number of rotatable bonds is 2. The molecule has 0 amide bonds. The average molecular weight is 264 g/mol. The van der Waals surface area contributed by atoms with Gasteiger partial charge in [-0.25, -0.2) is 0 Å². The summed E-state index contributed by atoms with van der Waals surface area (Å²) in [6.07, 6.45) is 0. The average Bonchev–Trinajstić information content (AvgIpc) is 1.43. The van der Waals surface area contributed by atoms with E-state index in [-0.39, 0.29) is 0 Å². The van der Waals surface area contributed by atoms with Crippen molar-refractivity contribution in [2.75, 3.05) is 0 Å². The van der Waals surface area contributed by atoms with E-state index in [1.165, 1.54) is 0 Å². The molecule has 0 aliphatic carbocycles. The molecule has 0 aromatic rings. The summed E-state index contributed by atoms with van der Waals surface area (Å²) in [6, 6.07) is 0. The van der Waals surface area contributed by atoms with Gasteiger partial charge in [0, 0.05) is 0 Å². The third kappa shape index (κ3) is 7.92. The van der Waals surface area contributed by atoms with E-state index in [2.05, 4.69) is 0 Å². The summed E-state index contributed by atoms with van der Waals surface area (Å²) in [6.45, 7) is 0. The Balaban J connectivity index is 5.76. The molecule has 0 fully saturated rings. The zero-order valence-corrected chi connectivity index (χ0v) is 7.71.